The number of nitrogens with one attached hydrogen (secondary N) is 1. The molecule has 1 rings (SSSR count). The second-order valence-electron chi connectivity index (χ2n) is 7.86. The molecule has 0 unspecified atom stereocenters. The Balaban J connectivity index is 3.14. The zero-order chi connectivity index (χ0) is 25.0. The number of hydrogen-bond acceptors (Lipinski definition) is 10. The van der Waals surface area contributed by atoms with Gasteiger partial charge in [-0.2, -0.15) is 0 Å². The van der Waals surface area contributed by atoms with Gasteiger partial charge in [-0.3, -0.25) is 24.0 Å². The fourth-order valence-corrected chi connectivity index (χ4v) is 3.47. The van der Waals surface area contributed by atoms with Gasteiger partial charge in [-0.1, -0.05) is 32.6 Å². The maximum Gasteiger partial charge on any atom is 0.305 e. The van der Waals surface area contributed by atoms with Crippen molar-refractivity contribution >= 4 is 29.8 Å². The van der Waals surface area contributed by atoms with Crippen molar-refractivity contribution in [2.45, 2.75) is 104 Å². The van der Waals surface area contributed by atoms with Crippen LogP contribution in [0, 0.1) is 0 Å². The lowest BCUT2D eigenvalue weighted by atomic mass is 9.95. The van der Waals surface area contributed by atoms with Gasteiger partial charge in [0.15, 0.2) is 12.2 Å². The first-order chi connectivity index (χ1) is 15.5. The predicted molar refractivity (Wildman–Crippen MR) is 113 cm³/mol. The average molecular weight is 474 g/mol. The van der Waals surface area contributed by atoms with E-state index in [1.54, 1.807) is 0 Å². The molecule has 0 aliphatic carbocycles. The summed E-state index contributed by atoms with van der Waals surface area (Å²) in [4.78, 5) is 59.2. The molecule has 1 N–H and O–H groups in total. The molecule has 0 aromatic heterocycles. The third-order valence-electron chi connectivity index (χ3n) is 4.82. The van der Waals surface area contributed by atoms with E-state index in [1.807, 2.05) is 0 Å². The summed E-state index contributed by atoms with van der Waals surface area (Å²) in [7, 11) is 0. The Morgan fingerprint density at radius 1 is 0.758 bits per heavy atom. The summed E-state index contributed by atoms with van der Waals surface area (Å²) >= 11 is 0. The highest BCUT2D eigenvalue weighted by molar-refractivity contribution is 5.76. The summed E-state index contributed by atoms with van der Waals surface area (Å²) in [6.07, 6.45) is -0.0783. The van der Waals surface area contributed by atoms with Crippen molar-refractivity contribution < 1.29 is 47.7 Å². The van der Waals surface area contributed by atoms with Gasteiger partial charge < -0.3 is 29.0 Å². The quantitative estimate of drug-likeness (QED) is 0.252. The Bertz CT molecular complexity index is 695. The molecule has 33 heavy (non-hydrogen) atoms. The maximum atomic E-state index is 12.6. The highest BCUT2D eigenvalue weighted by Crippen LogP contribution is 2.28. The van der Waals surface area contributed by atoms with Crippen LogP contribution >= 0.6 is 0 Å². The van der Waals surface area contributed by atoms with Gasteiger partial charge in [0, 0.05) is 34.1 Å². The molecule has 5 atom stereocenters. The van der Waals surface area contributed by atoms with Crippen LogP contribution in [0.15, 0.2) is 0 Å². The van der Waals surface area contributed by atoms with Crippen LogP contribution in [-0.4, -0.2) is 67.0 Å². The van der Waals surface area contributed by atoms with Crippen molar-refractivity contribution in [3.05, 3.63) is 0 Å². The van der Waals surface area contributed by atoms with Gasteiger partial charge in [-0.15, -0.1) is 0 Å². The van der Waals surface area contributed by atoms with Crippen molar-refractivity contribution in [1.29, 1.82) is 0 Å². The number of unbranched alkanes of at least 4 members (excludes halogenated alkanes) is 4. The van der Waals surface area contributed by atoms with Crippen LogP contribution in [0.3, 0.4) is 0 Å². The topological polar surface area (TPSA) is 144 Å². The summed E-state index contributed by atoms with van der Waals surface area (Å²) in [6.45, 7) is 6.36. The number of esters is 4. The summed E-state index contributed by atoms with van der Waals surface area (Å²) in [6, 6.07) is -1.15. The number of amides is 1. The number of carbonyl (C=O) groups excluding carboxylic acids is 5. The van der Waals surface area contributed by atoms with E-state index >= 15 is 0 Å². The molecule has 0 bridgehead atoms. The fourth-order valence-electron chi connectivity index (χ4n) is 3.47. The van der Waals surface area contributed by atoms with Crippen molar-refractivity contribution in [3.63, 3.8) is 0 Å². The zero-order valence-corrected chi connectivity index (χ0v) is 19.9. The number of ether oxygens (including phenoxy) is 5. The molecule has 1 aliphatic rings. The molecule has 1 heterocycles. The minimum Gasteiger partial charge on any atom is -0.463 e. The van der Waals surface area contributed by atoms with Crippen LogP contribution in [-0.2, 0) is 47.7 Å². The second-order valence-corrected chi connectivity index (χ2v) is 7.86. The molecule has 0 spiro atoms. The van der Waals surface area contributed by atoms with Gasteiger partial charge in [0.2, 0.25) is 12.2 Å². The Morgan fingerprint density at radius 2 is 1.33 bits per heavy atom. The summed E-state index contributed by atoms with van der Waals surface area (Å²) in [5.41, 5.74) is 0. The highest BCUT2D eigenvalue weighted by Gasteiger charge is 2.52. The van der Waals surface area contributed by atoms with E-state index in [-0.39, 0.29) is 18.9 Å². The van der Waals surface area contributed by atoms with Crippen LogP contribution in [0.2, 0.25) is 0 Å². The lowest BCUT2D eigenvalue weighted by Gasteiger charge is -2.44. The molecule has 0 aromatic rings. The molecule has 0 aromatic carbocycles. The molecule has 0 saturated carbocycles. The van der Waals surface area contributed by atoms with E-state index in [9.17, 15) is 24.0 Å². The molecule has 1 aliphatic heterocycles. The van der Waals surface area contributed by atoms with Crippen LogP contribution in [0.4, 0.5) is 0 Å². The van der Waals surface area contributed by atoms with Crippen LogP contribution in [0.5, 0.6) is 0 Å². The Labute approximate surface area is 193 Å². The number of carbonyl (C=O) groups is 5. The Hall–Kier alpha value is -2.69. The van der Waals surface area contributed by atoms with E-state index < -0.39 is 54.5 Å². The van der Waals surface area contributed by atoms with Gasteiger partial charge in [0.05, 0.1) is 0 Å². The second kappa shape index (κ2) is 14.5. The van der Waals surface area contributed by atoms with Crippen LogP contribution in [0.1, 0.15) is 73.1 Å². The van der Waals surface area contributed by atoms with E-state index in [0.29, 0.717) is 6.42 Å². The molecular formula is C22H35NO10. The predicted octanol–water partition coefficient (Wildman–Crippen LogP) is 1.55. The lowest BCUT2D eigenvalue weighted by molar-refractivity contribution is -0.271. The molecule has 188 valence electrons. The molecular weight excluding hydrogens is 438 g/mol. The van der Waals surface area contributed by atoms with Crippen molar-refractivity contribution in [2.24, 2.45) is 0 Å². The van der Waals surface area contributed by atoms with Gasteiger partial charge in [-0.25, -0.2) is 0 Å². The molecule has 0 radical (unpaired) electrons. The van der Waals surface area contributed by atoms with E-state index in [0.717, 1.165) is 46.5 Å². The molecule has 11 heteroatoms. The summed E-state index contributed by atoms with van der Waals surface area (Å²) in [5.74, 6) is -3.12. The SMILES string of the molecule is CCCCCCCC(=O)N[C@H]1[C@H](OC(C)=O)O[C@@H](COC(C)=O)[C@@H](OC(C)=O)[C@@H]1OC(C)=O. The van der Waals surface area contributed by atoms with Crippen molar-refractivity contribution in [1.82, 2.24) is 5.32 Å². The highest BCUT2D eigenvalue weighted by atomic mass is 16.7. The van der Waals surface area contributed by atoms with E-state index in [2.05, 4.69) is 12.2 Å². The largest absolute Gasteiger partial charge is 0.463 e. The summed E-state index contributed by atoms with van der Waals surface area (Å²) < 4.78 is 26.6. The first kappa shape index (κ1) is 28.3. The standard InChI is InChI=1S/C22H35NO10/c1-6-7-8-9-10-11-18(28)23-19-21(31-15(4)26)20(30-14(3)25)17(12-29-13(2)24)33-22(19)32-16(5)27/h17,19-22H,6-12H2,1-5H3,(H,23,28)/t17-,19+,20+,21+,22+/m0/s1. The van der Waals surface area contributed by atoms with Crippen LogP contribution < -0.4 is 5.32 Å². The number of rotatable bonds is 12. The average Bonchev–Trinajstić information content (AvgIpc) is 2.69. The Morgan fingerprint density at radius 3 is 1.88 bits per heavy atom. The van der Waals surface area contributed by atoms with Crippen LogP contribution in [0.25, 0.3) is 0 Å². The maximum absolute atomic E-state index is 12.6. The lowest BCUT2D eigenvalue weighted by Crippen LogP contribution is -2.67. The fraction of sp³-hybridized carbons (Fsp3) is 0.773. The third-order valence-corrected chi connectivity index (χ3v) is 4.82. The van der Waals surface area contributed by atoms with E-state index in [1.165, 1.54) is 6.92 Å². The molecule has 1 fully saturated rings. The molecule has 11 nitrogen and oxygen atoms in total. The molecule has 1 saturated heterocycles. The van der Waals surface area contributed by atoms with Crippen molar-refractivity contribution in [3.8, 4) is 0 Å². The van der Waals surface area contributed by atoms with Gasteiger partial charge in [-0.05, 0) is 6.42 Å². The Kier molecular flexibility index (Phi) is 12.4. The minimum absolute atomic E-state index is 0.203. The van der Waals surface area contributed by atoms with Gasteiger partial charge in [0.25, 0.3) is 0 Å². The van der Waals surface area contributed by atoms with Crippen molar-refractivity contribution in [2.75, 3.05) is 6.61 Å². The number of hydrogen-bond donors (Lipinski definition) is 1. The third kappa shape index (κ3) is 10.6. The normalized spacial score (nSPS) is 24.3. The summed E-state index contributed by atoms with van der Waals surface area (Å²) in [5, 5.41) is 2.69. The van der Waals surface area contributed by atoms with Gasteiger partial charge in [0.1, 0.15) is 18.8 Å². The smallest absolute Gasteiger partial charge is 0.305 e. The first-order valence-electron chi connectivity index (χ1n) is 11.1. The monoisotopic (exact) mass is 473 g/mol. The zero-order valence-electron chi connectivity index (χ0n) is 19.9. The first-order valence-corrected chi connectivity index (χ1v) is 11.1. The van der Waals surface area contributed by atoms with E-state index in [4.69, 9.17) is 23.7 Å². The molecule has 1 amide bonds. The van der Waals surface area contributed by atoms with Gasteiger partial charge >= 0.3 is 23.9 Å². The minimum atomic E-state index is -1.37.